The molecule has 1 aromatic heterocycles. The standard InChI is InChI=1S/C13H9F5N2O3/c1-21-11-5(12(22-2)20-13(19-11)23-3)4-6(14)8(16)10(18)9(17)7(4)15/h1-3H3. The van der Waals surface area contributed by atoms with Gasteiger partial charge in [-0.25, -0.2) is 22.0 Å². The van der Waals surface area contributed by atoms with Crippen molar-refractivity contribution in [3.63, 3.8) is 0 Å². The number of methoxy groups -OCH3 is 3. The van der Waals surface area contributed by atoms with Crippen LogP contribution in [0.2, 0.25) is 0 Å². The fraction of sp³-hybridized carbons (Fsp3) is 0.231. The molecule has 0 unspecified atom stereocenters. The molecule has 1 aromatic carbocycles. The third-order valence-electron chi connectivity index (χ3n) is 2.85. The highest BCUT2D eigenvalue weighted by Gasteiger charge is 2.32. The molecule has 10 heteroatoms. The number of benzene rings is 1. The van der Waals surface area contributed by atoms with E-state index in [4.69, 9.17) is 14.2 Å². The van der Waals surface area contributed by atoms with Crippen LogP contribution in [-0.4, -0.2) is 31.3 Å². The van der Waals surface area contributed by atoms with E-state index in [2.05, 4.69) is 9.97 Å². The van der Waals surface area contributed by atoms with Crippen LogP contribution < -0.4 is 14.2 Å². The number of halogens is 5. The molecule has 0 saturated carbocycles. The summed E-state index contributed by atoms with van der Waals surface area (Å²) < 4.78 is 82.3. The highest BCUT2D eigenvalue weighted by molar-refractivity contribution is 5.75. The second-order valence-corrected chi connectivity index (χ2v) is 4.05. The highest BCUT2D eigenvalue weighted by atomic mass is 19.2. The fourth-order valence-electron chi connectivity index (χ4n) is 1.83. The molecule has 2 rings (SSSR count). The topological polar surface area (TPSA) is 53.5 Å². The van der Waals surface area contributed by atoms with Gasteiger partial charge < -0.3 is 14.2 Å². The maximum absolute atomic E-state index is 14.0. The zero-order chi connectivity index (χ0) is 17.3. The van der Waals surface area contributed by atoms with Gasteiger partial charge in [0.2, 0.25) is 17.6 Å². The van der Waals surface area contributed by atoms with Crippen molar-refractivity contribution in [3.05, 3.63) is 29.1 Å². The smallest absolute Gasteiger partial charge is 0.322 e. The van der Waals surface area contributed by atoms with Gasteiger partial charge in [0.1, 0.15) is 5.56 Å². The van der Waals surface area contributed by atoms with Crippen molar-refractivity contribution in [2.45, 2.75) is 0 Å². The third-order valence-corrected chi connectivity index (χ3v) is 2.85. The van der Waals surface area contributed by atoms with Crippen LogP contribution in [0.1, 0.15) is 0 Å². The van der Waals surface area contributed by atoms with Crippen molar-refractivity contribution in [3.8, 4) is 28.9 Å². The molecule has 0 aliphatic carbocycles. The SMILES string of the molecule is COc1nc(OC)c(-c2c(F)c(F)c(F)c(F)c2F)c(OC)n1. The molecule has 5 nitrogen and oxygen atoms in total. The van der Waals surface area contributed by atoms with Crippen LogP contribution in [0.3, 0.4) is 0 Å². The first-order valence-corrected chi connectivity index (χ1v) is 5.93. The van der Waals surface area contributed by atoms with Crippen LogP contribution >= 0.6 is 0 Å². The van der Waals surface area contributed by atoms with Crippen molar-refractivity contribution in [2.75, 3.05) is 21.3 Å². The van der Waals surface area contributed by atoms with Gasteiger partial charge in [-0.2, -0.15) is 9.97 Å². The van der Waals surface area contributed by atoms with E-state index in [-0.39, 0.29) is 6.01 Å². The molecule has 2 aromatic rings. The first-order chi connectivity index (χ1) is 10.9. The first-order valence-electron chi connectivity index (χ1n) is 5.93. The fourth-order valence-corrected chi connectivity index (χ4v) is 1.83. The summed E-state index contributed by atoms with van der Waals surface area (Å²) >= 11 is 0. The van der Waals surface area contributed by atoms with Crippen LogP contribution in [0.4, 0.5) is 22.0 Å². The summed E-state index contributed by atoms with van der Waals surface area (Å²) in [4.78, 5) is 7.30. The van der Waals surface area contributed by atoms with Gasteiger partial charge in [-0.1, -0.05) is 0 Å². The Bertz CT molecular complexity index is 716. The number of hydrogen-bond donors (Lipinski definition) is 0. The molecule has 0 saturated heterocycles. The highest BCUT2D eigenvalue weighted by Crippen LogP contribution is 2.41. The number of rotatable bonds is 4. The third kappa shape index (κ3) is 2.60. The summed E-state index contributed by atoms with van der Waals surface area (Å²) in [5, 5.41) is 0. The Morgan fingerprint density at radius 2 is 0.957 bits per heavy atom. The van der Waals surface area contributed by atoms with Gasteiger partial charge in [0.15, 0.2) is 23.3 Å². The predicted molar refractivity (Wildman–Crippen MR) is 66.9 cm³/mol. The average molecular weight is 336 g/mol. The van der Waals surface area contributed by atoms with E-state index in [1.807, 2.05) is 0 Å². The van der Waals surface area contributed by atoms with E-state index in [0.29, 0.717) is 0 Å². The number of hydrogen-bond acceptors (Lipinski definition) is 5. The van der Waals surface area contributed by atoms with Crippen LogP contribution in [0.25, 0.3) is 11.1 Å². The summed E-state index contributed by atoms with van der Waals surface area (Å²) in [6, 6.07) is -0.286. The minimum absolute atomic E-state index is 0.286. The van der Waals surface area contributed by atoms with Gasteiger partial charge in [-0.05, 0) is 0 Å². The Labute approximate surface area is 126 Å². The van der Waals surface area contributed by atoms with Gasteiger partial charge in [0, 0.05) is 0 Å². The van der Waals surface area contributed by atoms with E-state index in [1.54, 1.807) is 0 Å². The van der Waals surface area contributed by atoms with Crippen molar-refractivity contribution in [1.29, 1.82) is 0 Å². The molecule has 0 fully saturated rings. The van der Waals surface area contributed by atoms with Crippen molar-refractivity contribution in [2.24, 2.45) is 0 Å². The number of nitrogens with zero attached hydrogens (tertiary/aromatic N) is 2. The van der Waals surface area contributed by atoms with Crippen molar-refractivity contribution < 1.29 is 36.2 Å². The quantitative estimate of drug-likeness (QED) is 0.488. The Morgan fingerprint density at radius 3 is 1.30 bits per heavy atom. The van der Waals surface area contributed by atoms with Gasteiger partial charge in [0.25, 0.3) is 0 Å². The average Bonchev–Trinajstić information content (AvgIpc) is 2.58. The van der Waals surface area contributed by atoms with Crippen LogP contribution in [-0.2, 0) is 0 Å². The Balaban J connectivity index is 2.92. The summed E-state index contributed by atoms with van der Waals surface area (Å²) in [5.74, 6) is -11.6. The van der Waals surface area contributed by atoms with Crippen LogP contribution in [0, 0.1) is 29.1 Å². The molecule has 0 aliphatic heterocycles. The van der Waals surface area contributed by atoms with E-state index < -0.39 is 52.0 Å². The van der Waals surface area contributed by atoms with Gasteiger partial charge >= 0.3 is 6.01 Å². The van der Waals surface area contributed by atoms with Crippen LogP contribution in [0.15, 0.2) is 0 Å². The maximum atomic E-state index is 14.0. The van der Waals surface area contributed by atoms with Gasteiger partial charge in [-0.15, -0.1) is 0 Å². The zero-order valence-corrected chi connectivity index (χ0v) is 12.0. The lowest BCUT2D eigenvalue weighted by atomic mass is 10.1. The Kier molecular flexibility index (Phi) is 4.52. The van der Waals surface area contributed by atoms with E-state index >= 15 is 0 Å². The number of ether oxygens (including phenoxy) is 3. The first kappa shape index (κ1) is 16.7. The molecule has 0 amide bonds. The second kappa shape index (κ2) is 6.23. The van der Waals surface area contributed by atoms with E-state index in [9.17, 15) is 22.0 Å². The zero-order valence-electron chi connectivity index (χ0n) is 12.0. The molecular formula is C13H9F5N2O3. The minimum Gasteiger partial charge on any atom is -0.480 e. The van der Waals surface area contributed by atoms with Gasteiger partial charge in [0.05, 0.1) is 26.9 Å². The lowest BCUT2D eigenvalue weighted by Crippen LogP contribution is -2.08. The molecule has 0 aliphatic rings. The molecule has 0 atom stereocenters. The predicted octanol–water partition coefficient (Wildman–Crippen LogP) is 2.86. The van der Waals surface area contributed by atoms with Gasteiger partial charge in [-0.3, -0.25) is 0 Å². The van der Waals surface area contributed by atoms with Crippen LogP contribution in [0.5, 0.6) is 17.8 Å². The summed E-state index contributed by atoms with van der Waals surface area (Å²) in [7, 11) is 3.36. The lowest BCUT2D eigenvalue weighted by Gasteiger charge is -2.14. The molecule has 0 N–H and O–H groups in total. The second-order valence-electron chi connectivity index (χ2n) is 4.05. The summed E-state index contributed by atoms with van der Waals surface area (Å²) in [6.07, 6.45) is 0. The minimum atomic E-state index is -2.28. The molecule has 23 heavy (non-hydrogen) atoms. The largest absolute Gasteiger partial charge is 0.480 e. The normalized spacial score (nSPS) is 10.6. The van der Waals surface area contributed by atoms with E-state index in [1.165, 1.54) is 7.11 Å². The molecule has 0 radical (unpaired) electrons. The van der Waals surface area contributed by atoms with Crippen molar-refractivity contribution >= 4 is 0 Å². The number of aromatic nitrogens is 2. The monoisotopic (exact) mass is 336 g/mol. The molecule has 0 bridgehead atoms. The molecular weight excluding hydrogens is 327 g/mol. The molecule has 1 heterocycles. The maximum Gasteiger partial charge on any atom is 0.322 e. The Morgan fingerprint density at radius 1 is 0.565 bits per heavy atom. The molecule has 0 spiro atoms. The lowest BCUT2D eigenvalue weighted by molar-refractivity contribution is 0.330. The van der Waals surface area contributed by atoms with E-state index in [0.717, 1.165) is 14.2 Å². The molecule has 124 valence electrons. The van der Waals surface area contributed by atoms with Crippen molar-refractivity contribution in [1.82, 2.24) is 9.97 Å². The summed E-state index contributed by atoms with van der Waals surface area (Å²) in [5.41, 5.74) is -1.90. The Hall–Kier alpha value is -2.65. The summed E-state index contributed by atoms with van der Waals surface area (Å²) in [6.45, 7) is 0.